The van der Waals surface area contributed by atoms with Gasteiger partial charge in [0.2, 0.25) is 0 Å². The van der Waals surface area contributed by atoms with Gasteiger partial charge in [0.1, 0.15) is 11.6 Å². The Morgan fingerprint density at radius 1 is 0.966 bits per heavy atom. The minimum atomic E-state index is 0. The molecule has 5 rings (SSSR count). The van der Waals surface area contributed by atoms with E-state index in [0.717, 1.165) is 70.3 Å². The Labute approximate surface area is 183 Å². The quantitative estimate of drug-likeness (QED) is 0.679. The van der Waals surface area contributed by atoms with Gasteiger partial charge in [-0.05, 0) is 11.6 Å². The van der Waals surface area contributed by atoms with E-state index < -0.39 is 0 Å². The first-order chi connectivity index (χ1) is 13.3. The molecule has 9 heteroatoms. The number of fused-ring (bicyclic) bond motifs is 2. The Bertz CT molecular complexity index is 899. The maximum atomic E-state index is 4.79. The number of nitrogens with one attached hydrogen (secondary N) is 1. The molecule has 1 N–H and O–H groups in total. The van der Waals surface area contributed by atoms with E-state index in [1.165, 1.54) is 17.0 Å². The summed E-state index contributed by atoms with van der Waals surface area (Å²) in [5, 5.41) is 17.1. The van der Waals surface area contributed by atoms with Gasteiger partial charge in [-0.3, -0.25) is 9.58 Å². The summed E-state index contributed by atoms with van der Waals surface area (Å²) in [5.41, 5.74) is 3.76. The van der Waals surface area contributed by atoms with Gasteiger partial charge in [-0.15, -0.1) is 35.0 Å². The van der Waals surface area contributed by atoms with Crippen molar-refractivity contribution < 1.29 is 0 Å². The van der Waals surface area contributed by atoms with Crippen molar-refractivity contribution in [1.29, 1.82) is 0 Å². The van der Waals surface area contributed by atoms with Crippen molar-refractivity contribution in [3.63, 3.8) is 0 Å². The second-order valence-electron chi connectivity index (χ2n) is 7.40. The average Bonchev–Trinajstić information content (AvgIpc) is 3.22. The summed E-state index contributed by atoms with van der Waals surface area (Å²) in [6.45, 7) is 6.77. The molecule has 156 valence electrons. The number of halogens is 2. The minimum absolute atomic E-state index is 0. The van der Waals surface area contributed by atoms with E-state index in [2.05, 4.69) is 66.1 Å². The molecule has 0 atom stereocenters. The van der Waals surface area contributed by atoms with Crippen molar-refractivity contribution in [2.24, 2.45) is 0 Å². The lowest BCUT2D eigenvalue weighted by molar-refractivity contribution is 0.266. The first-order valence-electron chi connectivity index (χ1n) is 9.79. The second-order valence-corrected chi connectivity index (χ2v) is 7.40. The molecule has 3 aromatic rings. The predicted octanol–water partition coefficient (Wildman–Crippen LogP) is 2.07. The van der Waals surface area contributed by atoms with Gasteiger partial charge in [-0.2, -0.15) is 5.10 Å². The summed E-state index contributed by atoms with van der Waals surface area (Å²) in [5.74, 6) is 2.18. The summed E-state index contributed by atoms with van der Waals surface area (Å²) in [6, 6.07) is 12.8. The Hall–Kier alpha value is -1.93. The molecule has 29 heavy (non-hydrogen) atoms. The van der Waals surface area contributed by atoms with E-state index >= 15 is 0 Å². The van der Waals surface area contributed by atoms with E-state index in [0.29, 0.717) is 0 Å². The van der Waals surface area contributed by atoms with E-state index in [4.69, 9.17) is 5.10 Å². The topological polar surface area (TPSA) is 63.8 Å². The van der Waals surface area contributed by atoms with Crippen LogP contribution in [0.15, 0.2) is 36.4 Å². The molecule has 0 fully saturated rings. The van der Waals surface area contributed by atoms with Crippen molar-refractivity contribution >= 4 is 24.8 Å². The third-order valence-electron chi connectivity index (χ3n) is 5.51. The standard InChI is InChI=1S/C20H25N7.2ClH/c1-2-4-16(5-3-1)12-20-23-22-19-6-8-25(10-11-26(19)20)15-17-13-18-14-21-7-9-27(18)24-17;;/h1-5,13,21H,6-12,14-15H2;2*1H. The Morgan fingerprint density at radius 3 is 2.66 bits per heavy atom. The number of aromatic nitrogens is 5. The zero-order valence-electron chi connectivity index (χ0n) is 16.3. The fourth-order valence-corrected chi connectivity index (χ4v) is 4.05. The fourth-order valence-electron chi connectivity index (χ4n) is 4.05. The molecule has 2 aromatic heterocycles. The van der Waals surface area contributed by atoms with Crippen LogP contribution in [-0.4, -0.2) is 49.1 Å². The van der Waals surface area contributed by atoms with Crippen molar-refractivity contribution in [2.75, 3.05) is 19.6 Å². The van der Waals surface area contributed by atoms with Crippen LogP contribution < -0.4 is 5.32 Å². The molecule has 0 saturated carbocycles. The van der Waals surface area contributed by atoms with E-state index in [9.17, 15) is 0 Å². The maximum absolute atomic E-state index is 4.79. The summed E-state index contributed by atoms with van der Waals surface area (Å²) in [7, 11) is 0. The third kappa shape index (κ3) is 4.80. The van der Waals surface area contributed by atoms with Crippen LogP contribution in [0.4, 0.5) is 0 Å². The summed E-state index contributed by atoms with van der Waals surface area (Å²) >= 11 is 0. The highest BCUT2D eigenvalue weighted by Crippen LogP contribution is 2.16. The molecule has 1 aromatic carbocycles. The first kappa shape index (κ1) is 21.8. The molecule has 0 amide bonds. The Morgan fingerprint density at radius 2 is 1.83 bits per heavy atom. The highest BCUT2D eigenvalue weighted by molar-refractivity contribution is 5.85. The van der Waals surface area contributed by atoms with Crippen molar-refractivity contribution in [3.8, 4) is 0 Å². The Kier molecular flexibility index (Phi) is 7.29. The monoisotopic (exact) mass is 435 g/mol. The average molecular weight is 436 g/mol. The van der Waals surface area contributed by atoms with Gasteiger partial charge in [-0.1, -0.05) is 30.3 Å². The van der Waals surface area contributed by atoms with Crippen molar-refractivity contribution in [3.05, 3.63) is 65.0 Å². The van der Waals surface area contributed by atoms with E-state index in [-0.39, 0.29) is 24.8 Å². The lowest BCUT2D eigenvalue weighted by Crippen LogP contribution is -2.28. The van der Waals surface area contributed by atoms with E-state index in [1.54, 1.807) is 0 Å². The van der Waals surface area contributed by atoms with Gasteiger partial charge < -0.3 is 9.88 Å². The molecule has 7 nitrogen and oxygen atoms in total. The first-order valence-corrected chi connectivity index (χ1v) is 9.79. The highest BCUT2D eigenvalue weighted by Gasteiger charge is 2.20. The zero-order chi connectivity index (χ0) is 18.1. The molecule has 4 heterocycles. The summed E-state index contributed by atoms with van der Waals surface area (Å²) < 4.78 is 4.46. The summed E-state index contributed by atoms with van der Waals surface area (Å²) in [6.07, 6.45) is 1.78. The van der Waals surface area contributed by atoms with Crippen LogP contribution in [0.2, 0.25) is 0 Å². The number of benzene rings is 1. The minimum Gasteiger partial charge on any atom is -0.313 e. The number of rotatable bonds is 4. The van der Waals surface area contributed by atoms with Crippen molar-refractivity contribution in [2.45, 2.75) is 39.0 Å². The number of hydrogen-bond acceptors (Lipinski definition) is 5. The van der Waals surface area contributed by atoms with Gasteiger partial charge in [0.25, 0.3) is 0 Å². The predicted molar refractivity (Wildman–Crippen MR) is 117 cm³/mol. The van der Waals surface area contributed by atoms with Gasteiger partial charge in [0, 0.05) is 52.1 Å². The van der Waals surface area contributed by atoms with Crippen LogP contribution in [0.25, 0.3) is 0 Å². The second kappa shape index (κ2) is 9.71. The molecule has 0 radical (unpaired) electrons. The van der Waals surface area contributed by atoms with Crippen LogP contribution in [0.3, 0.4) is 0 Å². The van der Waals surface area contributed by atoms with Crippen LogP contribution in [0.1, 0.15) is 28.6 Å². The molecule has 0 bridgehead atoms. The maximum Gasteiger partial charge on any atom is 0.137 e. The highest BCUT2D eigenvalue weighted by atomic mass is 35.5. The molecular weight excluding hydrogens is 409 g/mol. The largest absolute Gasteiger partial charge is 0.313 e. The normalized spacial score (nSPS) is 16.1. The van der Waals surface area contributed by atoms with Crippen LogP contribution >= 0.6 is 24.8 Å². The molecule has 0 aliphatic carbocycles. The van der Waals surface area contributed by atoms with Crippen molar-refractivity contribution in [1.82, 2.24) is 34.8 Å². The molecule has 0 unspecified atom stereocenters. The number of hydrogen-bond donors (Lipinski definition) is 1. The third-order valence-corrected chi connectivity index (χ3v) is 5.51. The lowest BCUT2D eigenvalue weighted by Gasteiger charge is -2.18. The summed E-state index contributed by atoms with van der Waals surface area (Å²) in [4.78, 5) is 2.49. The Balaban J connectivity index is 0.00000120. The molecule has 2 aliphatic heterocycles. The van der Waals surface area contributed by atoms with Gasteiger partial charge in [0.15, 0.2) is 0 Å². The zero-order valence-corrected chi connectivity index (χ0v) is 18.0. The van der Waals surface area contributed by atoms with Crippen LogP contribution in [-0.2, 0) is 39.0 Å². The molecular formula is C20H27Cl2N7. The van der Waals surface area contributed by atoms with Gasteiger partial charge >= 0.3 is 0 Å². The molecule has 0 spiro atoms. The fraction of sp³-hybridized carbons (Fsp3) is 0.450. The van der Waals surface area contributed by atoms with E-state index in [1.807, 2.05) is 0 Å². The smallest absolute Gasteiger partial charge is 0.137 e. The van der Waals surface area contributed by atoms with Crippen LogP contribution in [0, 0.1) is 0 Å². The van der Waals surface area contributed by atoms with Crippen LogP contribution in [0.5, 0.6) is 0 Å². The SMILES string of the molecule is Cl.Cl.c1ccc(Cc2nnc3n2CCN(Cc2cc4n(n2)CCNC4)CC3)cc1. The molecule has 2 aliphatic rings. The van der Waals surface area contributed by atoms with Gasteiger partial charge in [0.05, 0.1) is 17.9 Å². The van der Waals surface area contributed by atoms with Gasteiger partial charge in [-0.25, -0.2) is 0 Å². The lowest BCUT2D eigenvalue weighted by atomic mass is 10.1. The molecule has 0 saturated heterocycles. The number of nitrogens with zero attached hydrogens (tertiary/aromatic N) is 6.